The predicted octanol–water partition coefficient (Wildman–Crippen LogP) is 2.17. The summed E-state index contributed by atoms with van der Waals surface area (Å²) in [7, 11) is 0. The number of halogens is 3. The van der Waals surface area contributed by atoms with E-state index in [-0.39, 0.29) is 11.5 Å². The molecule has 2 fully saturated rings. The number of amides is 2. The first-order valence-electron chi connectivity index (χ1n) is 8.23. The van der Waals surface area contributed by atoms with Crippen LogP contribution < -0.4 is 0 Å². The van der Waals surface area contributed by atoms with E-state index in [1.165, 1.54) is 17.0 Å². The number of benzene rings is 1. The summed E-state index contributed by atoms with van der Waals surface area (Å²) in [4.78, 5) is 27.9. The van der Waals surface area contributed by atoms with Crippen molar-refractivity contribution < 1.29 is 27.5 Å². The van der Waals surface area contributed by atoms with Gasteiger partial charge < -0.3 is 14.5 Å². The summed E-state index contributed by atoms with van der Waals surface area (Å²) in [6.45, 7) is 1.91. The van der Waals surface area contributed by atoms with Gasteiger partial charge in [-0.25, -0.2) is 0 Å². The maximum atomic E-state index is 12.8. The van der Waals surface area contributed by atoms with Gasteiger partial charge in [-0.1, -0.05) is 6.07 Å². The van der Waals surface area contributed by atoms with Gasteiger partial charge in [0.05, 0.1) is 5.56 Å². The quantitative estimate of drug-likeness (QED) is 0.816. The fraction of sp³-hybridized carbons (Fsp3) is 0.529. The summed E-state index contributed by atoms with van der Waals surface area (Å²) in [6, 6.07) is 4.41. The Hall–Kier alpha value is -2.09. The summed E-state index contributed by atoms with van der Waals surface area (Å²) >= 11 is 0. The molecule has 8 heteroatoms. The number of carbonyl (C=O) groups is 2. The molecule has 0 N–H and O–H groups in total. The fourth-order valence-electron chi connectivity index (χ4n) is 3.12. The molecule has 136 valence electrons. The van der Waals surface area contributed by atoms with Crippen LogP contribution in [0.1, 0.15) is 28.8 Å². The van der Waals surface area contributed by atoms with Gasteiger partial charge in [-0.2, -0.15) is 13.2 Å². The highest BCUT2D eigenvalue weighted by Crippen LogP contribution is 2.29. The van der Waals surface area contributed by atoms with Crippen LogP contribution in [0, 0.1) is 0 Å². The van der Waals surface area contributed by atoms with Crippen molar-refractivity contribution in [3.8, 4) is 0 Å². The number of rotatable bonds is 2. The first-order valence-corrected chi connectivity index (χ1v) is 8.23. The standard InChI is InChI=1S/C17H19F3N2O3/c18-17(19,20)13-4-1-3-12(11-13)15(23)21-6-8-22(9-7-21)16(24)14-5-2-10-25-14/h1,3-4,11,14H,2,5-10H2/t14-/m1/s1. The number of piperazine rings is 1. The Kier molecular flexibility index (Phi) is 4.99. The Balaban J connectivity index is 1.61. The Bertz CT molecular complexity index is 649. The average Bonchev–Trinajstić information content (AvgIpc) is 3.15. The van der Waals surface area contributed by atoms with E-state index in [1.54, 1.807) is 4.90 Å². The van der Waals surface area contributed by atoms with E-state index in [0.29, 0.717) is 39.2 Å². The molecule has 0 spiro atoms. The van der Waals surface area contributed by atoms with Crippen molar-refractivity contribution in [1.82, 2.24) is 9.80 Å². The van der Waals surface area contributed by atoms with Gasteiger partial charge in [0.15, 0.2) is 0 Å². The zero-order chi connectivity index (χ0) is 18.0. The van der Waals surface area contributed by atoms with Crippen molar-refractivity contribution in [3.05, 3.63) is 35.4 Å². The van der Waals surface area contributed by atoms with E-state index in [9.17, 15) is 22.8 Å². The lowest BCUT2D eigenvalue weighted by atomic mass is 10.1. The smallest absolute Gasteiger partial charge is 0.368 e. The Labute approximate surface area is 143 Å². The zero-order valence-corrected chi connectivity index (χ0v) is 13.6. The molecule has 1 aromatic rings. The third-order valence-corrected chi connectivity index (χ3v) is 4.52. The molecular formula is C17H19F3N2O3. The van der Waals surface area contributed by atoms with Crippen LogP contribution in [0.2, 0.25) is 0 Å². The van der Waals surface area contributed by atoms with Crippen LogP contribution >= 0.6 is 0 Å². The molecule has 0 radical (unpaired) electrons. The maximum absolute atomic E-state index is 12.8. The zero-order valence-electron chi connectivity index (χ0n) is 13.6. The van der Waals surface area contributed by atoms with Gasteiger partial charge >= 0.3 is 6.18 Å². The topological polar surface area (TPSA) is 49.9 Å². The van der Waals surface area contributed by atoms with Crippen LogP contribution in [0.4, 0.5) is 13.2 Å². The van der Waals surface area contributed by atoms with Crippen LogP contribution in [0.15, 0.2) is 24.3 Å². The number of ether oxygens (including phenoxy) is 1. The monoisotopic (exact) mass is 356 g/mol. The van der Waals surface area contributed by atoms with Crippen molar-refractivity contribution in [2.45, 2.75) is 25.1 Å². The predicted molar refractivity (Wildman–Crippen MR) is 82.9 cm³/mol. The minimum absolute atomic E-state index is 0.00808. The molecule has 0 unspecified atom stereocenters. The third-order valence-electron chi connectivity index (χ3n) is 4.52. The van der Waals surface area contributed by atoms with Gasteiger partial charge in [0.2, 0.25) is 0 Å². The largest absolute Gasteiger partial charge is 0.416 e. The molecule has 2 aliphatic rings. The van der Waals surface area contributed by atoms with Gasteiger partial charge in [0.25, 0.3) is 11.8 Å². The molecule has 25 heavy (non-hydrogen) atoms. The van der Waals surface area contributed by atoms with Crippen LogP contribution in [0.25, 0.3) is 0 Å². The lowest BCUT2D eigenvalue weighted by Gasteiger charge is -2.35. The highest BCUT2D eigenvalue weighted by atomic mass is 19.4. The van der Waals surface area contributed by atoms with E-state index in [0.717, 1.165) is 18.6 Å². The Morgan fingerprint density at radius 2 is 1.76 bits per heavy atom. The molecule has 3 rings (SSSR count). The Morgan fingerprint density at radius 1 is 1.08 bits per heavy atom. The molecule has 0 aliphatic carbocycles. The summed E-state index contributed by atoms with van der Waals surface area (Å²) in [5, 5.41) is 0. The molecule has 2 amide bonds. The van der Waals surface area contributed by atoms with Crippen molar-refractivity contribution >= 4 is 11.8 Å². The van der Waals surface area contributed by atoms with E-state index in [1.807, 2.05) is 0 Å². The van der Waals surface area contributed by atoms with Crippen molar-refractivity contribution in [1.29, 1.82) is 0 Å². The summed E-state index contributed by atoms with van der Waals surface area (Å²) in [5.74, 6) is -0.515. The van der Waals surface area contributed by atoms with Gasteiger partial charge in [-0.3, -0.25) is 9.59 Å². The fourth-order valence-corrected chi connectivity index (χ4v) is 3.12. The average molecular weight is 356 g/mol. The highest BCUT2D eigenvalue weighted by Gasteiger charge is 2.33. The lowest BCUT2D eigenvalue weighted by Crippen LogP contribution is -2.52. The number of carbonyl (C=O) groups excluding carboxylic acids is 2. The minimum atomic E-state index is -4.48. The minimum Gasteiger partial charge on any atom is -0.368 e. The summed E-state index contributed by atoms with van der Waals surface area (Å²) < 4.78 is 43.7. The number of alkyl halides is 3. The van der Waals surface area contributed by atoms with Crippen molar-refractivity contribution in [2.24, 2.45) is 0 Å². The van der Waals surface area contributed by atoms with E-state index in [2.05, 4.69) is 0 Å². The van der Waals surface area contributed by atoms with Crippen molar-refractivity contribution in [3.63, 3.8) is 0 Å². The molecule has 1 aromatic carbocycles. The SMILES string of the molecule is O=C(c1cccc(C(F)(F)F)c1)N1CCN(C(=O)[C@H]2CCCO2)CC1. The normalized spacial score (nSPS) is 21.5. The van der Waals surface area contributed by atoms with Gasteiger partial charge in [0, 0.05) is 38.3 Å². The highest BCUT2D eigenvalue weighted by molar-refractivity contribution is 5.94. The van der Waals surface area contributed by atoms with Crippen molar-refractivity contribution in [2.75, 3.05) is 32.8 Å². The number of hydrogen-bond donors (Lipinski definition) is 0. The van der Waals surface area contributed by atoms with Gasteiger partial charge in [0.1, 0.15) is 6.10 Å². The molecule has 2 heterocycles. The van der Waals surface area contributed by atoms with Gasteiger partial charge in [-0.05, 0) is 31.0 Å². The number of hydrogen-bond acceptors (Lipinski definition) is 3. The lowest BCUT2D eigenvalue weighted by molar-refractivity contribution is -0.142. The van der Waals surface area contributed by atoms with Gasteiger partial charge in [-0.15, -0.1) is 0 Å². The number of nitrogens with zero attached hydrogens (tertiary/aromatic N) is 2. The summed E-state index contributed by atoms with van der Waals surface area (Å²) in [6.07, 6.45) is -3.30. The van der Waals surface area contributed by atoms with E-state index >= 15 is 0 Å². The van der Waals surface area contributed by atoms with Crippen LogP contribution in [-0.2, 0) is 15.7 Å². The third kappa shape index (κ3) is 3.95. The van der Waals surface area contributed by atoms with Crippen LogP contribution in [-0.4, -0.2) is 60.5 Å². The molecule has 0 saturated carbocycles. The van der Waals surface area contributed by atoms with E-state index < -0.39 is 23.8 Å². The first kappa shape index (κ1) is 17.7. The second-order valence-electron chi connectivity index (χ2n) is 6.20. The maximum Gasteiger partial charge on any atom is 0.416 e. The van der Waals surface area contributed by atoms with Crippen LogP contribution in [0.3, 0.4) is 0 Å². The second kappa shape index (κ2) is 7.03. The molecule has 0 bridgehead atoms. The molecular weight excluding hydrogens is 337 g/mol. The molecule has 1 atom stereocenters. The first-order chi connectivity index (χ1) is 11.9. The molecule has 0 aromatic heterocycles. The molecule has 5 nitrogen and oxygen atoms in total. The van der Waals surface area contributed by atoms with Crippen LogP contribution in [0.5, 0.6) is 0 Å². The van der Waals surface area contributed by atoms with E-state index in [4.69, 9.17) is 4.74 Å². The Morgan fingerprint density at radius 3 is 2.36 bits per heavy atom. The second-order valence-corrected chi connectivity index (χ2v) is 6.20. The summed E-state index contributed by atoms with van der Waals surface area (Å²) in [5.41, 5.74) is -0.834. The molecule has 2 saturated heterocycles. The molecule has 2 aliphatic heterocycles.